The van der Waals surface area contributed by atoms with Crippen molar-refractivity contribution >= 4 is 46.3 Å². The molecule has 0 aliphatic carbocycles. The van der Waals surface area contributed by atoms with E-state index in [-0.39, 0.29) is 29.5 Å². The van der Waals surface area contributed by atoms with Gasteiger partial charge in [-0.2, -0.15) is 0 Å². The Labute approximate surface area is 209 Å². The number of carbonyl (C=O) groups excluding carboxylic acids is 3. The van der Waals surface area contributed by atoms with E-state index in [1.807, 2.05) is 52.8 Å². The number of anilines is 1. The zero-order chi connectivity index (χ0) is 24.8. The Balaban J connectivity index is 1.33. The number of hydrogen-bond donors (Lipinski definition) is 1. The second kappa shape index (κ2) is 11.4. The molecule has 4 rings (SSSR count). The van der Waals surface area contributed by atoms with E-state index in [9.17, 15) is 14.4 Å². The van der Waals surface area contributed by atoms with Crippen LogP contribution >= 0.6 is 11.8 Å². The average molecular weight is 495 g/mol. The molecule has 8 nitrogen and oxygen atoms in total. The van der Waals surface area contributed by atoms with E-state index >= 15 is 0 Å². The summed E-state index contributed by atoms with van der Waals surface area (Å²) in [7, 11) is 0. The van der Waals surface area contributed by atoms with E-state index in [0.717, 1.165) is 16.4 Å². The van der Waals surface area contributed by atoms with E-state index in [2.05, 4.69) is 10.3 Å². The highest BCUT2D eigenvalue weighted by Crippen LogP contribution is 2.26. The van der Waals surface area contributed by atoms with Crippen LogP contribution in [0, 0.1) is 5.92 Å². The number of esters is 1. The number of aryl methyl sites for hydroxylation is 1. The highest BCUT2D eigenvalue weighted by atomic mass is 32.2. The van der Waals surface area contributed by atoms with Gasteiger partial charge >= 0.3 is 5.97 Å². The highest BCUT2D eigenvalue weighted by molar-refractivity contribution is 7.99. The fourth-order valence-electron chi connectivity index (χ4n) is 4.24. The van der Waals surface area contributed by atoms with Crippen molar-refractivity contribution < 1.29 is 19.1 Å². The first kappa shape index (κ1) is 24.8. The molecule has 3 aromatic rings. The van der Waals surface area contributed by atoms with Gasteiger partial charge in [-0.25, -0.2) is 9.78 Å². The number of benzene rings is 2. The number of ether oxygens (including phenoxy) is 1. The number of aromatic nitrogens is 2. The lowest BCUT2D eigenvalue weighted by atomic mass is 9.96. The minimum Gasteiger partial charge on any atom is -0.462 e. The fraction of sp³-hybridized carbons (Fsp3) is 0.385. The van der Waals surface area contributed by atoms with Gasteiger partial charge in [-0.1, -0.05) is 30.0 Å². The molecule has 1 saturated heterocycles. The van der Waals surface area contributed by atoms with E-state index < -0.39 is 0 Å². The molecule has 35 heavy (non-hydrogen) atoms. The zero-order valence-corrected chi connectivity index (χ0v) is 20.8. The monoisotopic (exact) mass is 494 g/mol. The molecular formula is C26H30N4O4S. The summed E-state index contributed by atoms with van der Waals surface area (Å²) in [6.07, 6.45) is 1.30. The topological polar surface area (TPSA) is 93.5 Å². The van der Waals surface area contributed by atoms with Gasteiger partial charge in [-0.05, 0) is 57.0 Å². The lowest BCUT2D eigenvalue weighted by Gasteiger charge is -2.31. The summed E-state index contributed by atoms with van der Waals surface area (Å²) >= 11 is 1.40. The largest absolute Gasteiger partial charge is 0.462 e. The minimum absolute atomic E-state index is 0.0107. The number of nitrogens with one attached hydrogen (secondary N) is 1. The van der Waals surface area contributed by atoms with Crippen molar-refractivity contribution in [1.29, 1.82) is 0 Å². The molecule has 2 amide bonds. The predicted octanol–water partition coefficient (Wildman–Crippen LogP) is 4.20. The minimum atomic E-state index is -0.370. The molecule has 1 aliphatic heterocycles. The number of hydrogen-bond acceptors (Lipinski definition) is 6. The highest BCUT2D eigenvalue weighted by Gasteiger charge is 2.27. The van der Waals surface area contributed by atoms with Gasteiger partial charge in [0.2, 0.25) is 11.8 Å². The van der Waals surface area contributed by atoms with E-state index in [1.54, 1.807) is 19.1 Å². The summed E-state index contributed by atoms with van der Waals surface area (Å²) in [5.41, 5.74) is 2.88. The van der Waals surface area contributed by atoms with Crippen LogP contribution in [0.2, 0.25) is 0 Å². The summed E-state index contributed by atoms with van der Waals surface area (Å²) in [4.78, 5) is 44.0. The maximum atomic E-state index is 12.9. The number of amides is 2. The molecule has 2 aromatic carbocycles. The quantitative estimate of drug-likeness (QED) is 0.373. The summed E-state index contributed by atoms with van der Waals surface area (Å²) in [5, 5.41) is 3.70. The van der Waals surface area contributed by atoms with Gasteiger partial charge in [0.25, 0.3) is 0 Å². The first-order chi connectivity index (χ1) is 17.0. The van der Waals surface area contributed by atoms with Crippen molar-refractivity contribution in [2.45, 2.75) is 38.4 Å². The van der Waals surface area contributed by atoms with Gasteiger partial charge < -0.3 is 19.5 Å². The SMILES string of the molecule is CCOC(=O)c1ccc2c(c1)nc(SCC(=O)N1CCC(C(=O)Nc3ccccc3)CC1)n2CC. The molecule has 0 spiro atoms. The van der Waals surface area contributed by atoms with Crippen LogP contribution in [0.25, 0.3) is 11.0 Å². The Morgan fingerprint density at radius 2 is 1.83 bits per heavy atom. The Kier molecular flexibility index (Phi) is 8.07. The van der Waals surface area contributed by atoms with E-state index in [0.29, 0.717) is 50.2 Å². The molecule has 1 N–H and O–H groups in total. The van der Waals surface area contributed by atoms with Crippen LogP contribution in [0.4, 0.5) is 5.69 Å². The van der Waals surface area contributed by atoms with Crippen molar-refractivity contribution in [2.75, 3.05) is 30.8 Å². The maximum absolute atomic E-state index is 12.9. The second-order valence-corrected chi connectivity index (χ2v) is 9.30. The second-order valence-electron chi connectivity index (χ2n) is 8.36. The number of imidazole rings is 1. The lowest BCUT2D eigenvalue weighted by molar-refractivity contribution is -0.132. The van der Waals surface area contributed by atoms with Crippen molar-refractivity contribution in [3.63, 3.8) is 0 Å². The molecule has 1 aliphatic rings. The third-order valence-electron chi connectivity index (χ3n) is 6.13. The summed E-state index contributed by atoms with van der Waals surface area (Å²) in [5.74, 6) is -0.139. The molecule has 0 bridgehead atoms. The number of rotatable bonds is 8. The predicted molar refractivity (Wildman–Crippen MR) is 136 cm³/mol. The Morgan fingerprint density at radius 1 is 1.09 bits per heavy atom. The summed E-state index contributed by atoms with van der Waals surface area (Å²) < 4.78 is 7.13. The van der Waals surface area contributed by atoms with Gasteiger partial charge in [0.15, 0.2) is 5.16 Å². The lowest BCUT2D eigenvalue weighted by Crippen LogP contribution is -2.42. The van der Waals surface area contributed by atoms with Crippen LogP contribution in [-0.2, 0) is 20.9 Å². The Morgan fingerprint density at radius 3 is 2.51 bits per heavy atom. The molecule has 9 heteroatoms. The standard InChI is InChI=1S/C26H30N4O4S/c1-3-30-22-11-10-19(25(33)34-4-2)16-21(22)28-26(30)35-17-23(31)29-14-12-18(13-15-29)24(32)27-20-8-6-5-7-9-20/h5-11,16,18H,3-4,12-15,17H2,1-2H3,(H,27,32). The van der Waals surface area contributed by atoms with E-state index in [4.69, 9.17) is 4.74 Å². The van der Waals surface area contributed by atoms with Crippen LogP contribution in [0.1, 0.15) is 37.0 Å². The Bertz CT molecular complexity index is 1200. The fourth-order valence-corrected chi connectivity index (χ4v) is 5.22. The third kappa shape index (κ3) is 5.85. The van der Waals surface area contributed by atoms with Crippen molar-refractivity contribution in [1.82, 2.24) is 14.5 Å². The van der Waals surface area contributed by atoms with Crippen LogP contribution in [0.15, 0.2) is 53.7 Å². The van der Waals surface area contributed by atoms with Gasteiger partial charge in [-0.3, -0.25) is 9.59 Å². The van der Waals surface area contributed by atoms with E-state index in [1.165, 1.54) is 11.8 Å². The number of likely N-dealkylation sites (tertiary alicyclic amines) is 1. The number of fused-ring (bicyclic) bond motifs is 1. The summed E-state index contributed by atoms with van der Waals surface area (Å²) in [6.45, 7) is 5.96. The van der Waals surface area contributed by atoms with Gasteiger partial charge in [0.1, 0.15) is 0 Å². The van der Waals surface area contributed by atoms with Crippen molar-refractivity contribution in [3.05, 3.63) is 54.1 Å². The molecule has 0 atom stereocenters. The van der Waals surface area contributed by atoms with Crippen molar-refractivity contribution in [2.24, 2.45) is 5.92 Å². The molecular weight excluding hydrogens is 464 g/mol. The Hall–Kier alpha value is -3.33. The van der Waals surface area contributed by atoms with Crippen LogP contribution < -0.4 is 5.32 Å². The van der Waals surface area contributed by atoms with Crippen LogP contribution in [0.5, 0.6) is 0 Å². The van der Waals surface area contributed by atoms with Crippen molar-refractivity contribution in [3.8, 4) is 0 Å². The smallest absolute Gasteiger partial charge is 0.338 e. The zero-order valence-electron chi connectivity index (χ0n) is 20.0. The molecule has 1 aromatic heterocycles. The normalized spacial score (nSPS) is 14.2. The average Bonchev–Trinajstić information content (AvgIpc) is 3.24. The number of nitrogens with zero attached hydrogens (tertiary/aromatic N) is 3. The molecule has 184 valence electrons. The number of carbonyl (C=O) groups is 3. The molecule has 0 radical (unpaired) electrons. The molecule has 2 heterocycles. The van der Waals surface area contributed by atoms with Crippen LogP contribution in [-0.4, -0.2) is 57.7 Å². The first-order valence-electron chi connectivity index (χ1n) is 11.9. The first-order valence-corrected chi connectivity index (χ1v) is 12.9. The van der Waals surface area contributed by atoms with Gasteiger partial charge in [0, 0.05) is 31.2 Å². The molecule has 0 unspecified atom stereocenters. The molecule has 0 saturated carbocycles. The number of thioether (sulfide) groups is 1. The molecule has 1 fully saturated rings. The summed E-state index contributed by atoms with van der Waals surface area (Å²) in [6, 6.07) is 14.8. The number of piperidine rings is 1. The van der Waals surface area contributed by atoms with Gasteiger partial charge in [0.05, 0.1) is 29.0 Å². The maximum Gasteiger partial charge on any atom is 0.338 e. The van der Waals surface area contributed by atoms with Gasteiger partial charge in [-0.15, -0.1) is 0 Å². The van der Waals surface area contributed by atoms with Crippen LogP contribution in [0.3, 0.4) is 0 Å². The third-order valence-corrected chi connectivity index (χ3v) is 7.09. The number of para-hydroxylation sites is 1.